The number of ether oxygens (including phenoxy) is 1. The fraction of sp³-hybridized carbons (Fsp3) is 0.622. The average Bonchev–Trinajstić information content (AvgIpc) is 3.30. The summed E-state index contributed by atoms with van der Waals surface area (Å²) >= 11 is 0. The Morgan fingerprint density at radius 1 is 0.920 bits per heavy atom. The maximum Gasteiger partial charge on any atom is 0.410 e. The fourth-order valence-electron chi connectivity index (χ4n) is 8.30. The topological polar surface area (TPSA) is 143 Å². The summed E-state index contributed by atoms with van der Waals surface area (Å²) in [6, 6.07) is 7.72. The Morgan fingerprint density at radius 3 is 2.26 bits per heavy atom. The highest BCUT2D eigenvalue weighted by Crippen LogP contribution is 2.33. The lowest BCUT2D eigenvalue weighted by atomic mass is 9.78. The molecule has 50 heavy (non-hydrogen) atoms. The molecule has 13 heteroatoms. The van der Waals surface area contributed by atoms with Crippen molar-refractivity contribution in [2.75, 3.05) is 57.7 Å². The molecule has 6 rings (SSSR count). The smallest absolute Gasteiger partial charge is 0.410 e. The molecule has 4 heterocycles. The molecule has 1 unspecified atom stereocenters. The van der Waals surface area contributed by atoms with E-state index in [0.29, 0.717) is 75.8 Å². The number of aliphatic hydroxyl groups is 1. The zero-order valence-corrected chi connectivity index (χ0v) is 28.9. The van der Waals surface area contributed by atoms with E-state index in [1.165, 1.54) is 0 Å². The maximum atomic E-state index is 14.0. The normalized spacial score (nSPS) is 23.7. The van der Waals surface area contributed by atoms with E-state index in [-0.39, 0.29) is 30.8 Å². The van der Waals surface area contributed by atoms with Gasteiger partial charge in [-0.05, 0) is 93.5 Å². The van der Waals surface area contributed by atoms with E-state index in [4.69, 9.17) is 17.7 Å². The van der Waals surface area contributed by atoms with Crippen molar-refractivity contribution >= 4 is 37.5 Å². The van der Waals surface area contributed by atoms with Gasteiger partial charge in [0.05, 0.1) is 12.5 Å². The number of carbonyl (C=O) groups excluding carboxylic acids is 3. The number of nitrogens with one attached hydrogen (secondary N) is 1. The first-order chi connectivity index (χ1) is 24.1. The van der Waals surface area contributed by atoms with Crippen LogP contribution in [0.25, 0.3) is 0 Å². The van der Waals surface area contributed by atoms with E-state index < -0.39 is 24.3 Å². The van der Waals surface area contributed by atoms with Gasteiger partial charge in [0.2, 0.25) is 0 Å². The van der Waals surface area contributed by atoms with Crippen LogP contribution in [-0.2, 0) is 20.7 Å². The lowest BCUT2D eigenvalue weighted by Gasteiger charge is -2.41. The molecule has 0 aromatic heterocycles. The van der Waals surface area contributed by atoms with Crippen LogP contribution in [0.4, 0.5) is 15.3 Å². The Hall–Kier alpha value is -3.84. The van der Waals surface area contributed by atoms with E-state index in [1.54, 1.807) is 11.0 Å². The number of amides is 4. The number of carboxylic acid groups (broad SMARTS) is 1. The van der Waals surface area contributed by atoms with Crippen molar-refractivity contribution in [2.45, 2.75) is 82.5 Å². The lowest BCUT2D eigenvalue weighted by Crippen LogP contribution is -2.51. The van der Waals surface area contributed by atoms with Gasteiger partial charge in [-0.2, -0.15) is 0 Å². The quantitative estimate of drug-likeness (QED) is 0.335. The summed E-state index contributed by atoms with van der Waals surface area (Å²) in [4.78, 5) is 59.2. The van der Waals surface area contributed by atoms with E-state index in [9.17, 15) is 24.3 Å². The Kier molecular flexibility index (Phi) is 11.8. The highest BCUT2D eigenvalue weighted by molar-refractivity contribution is 6.22. The number of piperidine rings is 3. The number of allylic oxidation sites excluding steroid dienone is 1. The predicted octanol–water partition coefficient (Wildman–Crippen LogP) is 3.61. The predicted molar refractivity (Wildman–Crippen MR) is 189 cm³/mol. The maximum absolute atomic E-state index is 14.0. The number of likely N-dealkylation sites (tertiary alicyclic amines) is 3. The van der Waals surface area contributed by atoms with Crippen molar-refractivity contribution in [1.82, 2.24) is 19.6 Å². The molecule has 3 saturated heterocycles. The molecule has 0 spiro atoms. The molecule has 5 aliphatic rings. The fourth-order valence-corrected chi connectivity index (χ4v) is 8.30. The third-order valence-electron chi connectivity index (χ3n) is 11.4. The van der Waals surface area contributed by atoms with Gasteiger partial charge in [-0.25, -0.2) is 9.59 Å². The molecule has 1 aromatic rings. The number of nitrogens with zero attached hydrogens (tertiary/aromatic N) is 4. The number of benzene rings is 1. The monoisotopic (exact) mass is 687 g/mol. The zero-order valence-electron chi connectivity index (χ0n) is 28.9. The van der Waals surface area contributed by atoms with E-state index in [1.807, 2.05) is 40.1 Å². The van der Waals surface area contributed by atoms with Crippen LogP contribution in [0.2, 0.25) is 0 Å². The number of anilines is 1. The minimum atomic E-state index is -1.02. The Balaban J connectivity index is 1.03. The SMILES string of the molecule is [B]C1=CC(C[C@@H](OC(=O)N2CCC(N3CCc4ccccc4NC3=O)CC2)C(=O)N2CCC(C3CCN(CCC(=O)O)CC3)CC2)=CCC1O. The first kappa shape index (κ1) is 36.0. The van der Waals surface area contributed by atoms with Crippen molar-refractivity contribution in [1.29, 1.82) is 0 Å². The van der Waals surface area contributed by atoms with Gasteiger partial charge in [0.25, 0.3) is 5.91 Å². The van der Waals surface area contributed by atoms with E-state index in [0.717, 1.165) is 62.0 Å². The standard InChI is InChI=1S/C37H50BN5O7/c38-30-23-25(5-6-32(30)44)24-33(35(47)41-18-9-27(10-19-41)26-7-15-40(16-8-26)17-14-34(45)46)50-37(49)42-20-12-29(13-21-42)43-22-11-28-3-1-2-4-31(28)39-36(43)48/h1-5,23,26-27,29,32-33,44H,6-22,24H2,(H,39,48)(H,45,46)/t32?,33-/m1/s1. The van der Waals surface area contributed by atoms with Crippen LogP contribution in [0, 0.1) is 11.8 Å². The summed E-state index contributed by atoms with van der Waals surface area (Å²) in [7, 11) is 6.02. The second kappa shape index (κ2) is 16.5. The highest BCUT2D eigenvalue weighted by atomic mass is 16.6. The van der Waals surface area contributed by atoms with Crippen LogP contribution in [-0.4, -0.2) is 132 Å². The molecule has 4 aliphatic heterocycles. The van der Waals surface area contributed by atoms with Gasteiger partial charge in [-0.1, -0.05) is 35.8 Å². The Morgan fingerprint density at radius 2 is 1.58 bits per heavy atom. The van der Waals surface area contributed by atoms with Gasteiger partial charge in [-0.3, -0.25) is 9.59 Å². The number of carbonyl (C=O) groups is 4. The van der Waals surface area contributed by atoms with Gasteiger partial charge in [0.1, 0.15) is 7.85 Å². The molecule has 1 aliphatic carbocycles. The minimum absolute atomic E-state index is 0.00370. The van der Waals surface area contributed by atoms with Crippen molar-refractivity contribution in [3.05, 3.63) is 53.0 Å². The molecule has 1 aromatic carbocycles. The van der Waals surface area contributed by atoms with Crippen LogP contribution in [0.1, 0.15) is 63.4 Å². The lowest BCUT2D eigenvalue weighted by molar-refractivity contribution is -0.143. The van der Waals surface area contributed by atoms with Gasteiger partial charge in [-0.15, -0.1) is 0 Å². The number of rotatable bonds is 9. The van der Waals surface area contributed by atoms with Gasteiger partial charge in [0, 0.05) is 57.4 Å². The average molecular weight is 688 g/mol. The molecule has 12 nitrogen and oxygen atoms in total. The molecule has 2 atom stereocenters. The molecule has 4 amide bonds. The zero-order chi connectivity index (χ0) is 35.2. The van der Waals surface area contributed by atoms with Gasteiger partial charge in [0.15, 0.2) is 6.10 Å². The largest absolute Gasteiger partial charge is 0.481 e. The van der Waals surface area contributed by atoms with Crippen molar-refractivity contribution < 1.29 is 34.1 Å². The molecule has 3 N–H and O–H groups in total. The van der Waals surface area contributed by atoms with Crippen LogP contribution in [0.5, 0.6) is 0 Å². The van der Waals surface area contributed by atoms with Crippen LogP contribution < -0.4 is 5.32 Å². The number of aliphatic hydroxyl groups excluding tert-OH is 1. The molecule has 2 radical (unpaired) electrons. The van der Waals surface area contributed by atoms with Gasteiger partial charge < -0.3 is 39.9 Å². The first-order valence-corrected chi connectivity index (χ1v) is 18.3. The molecule has 0 bridgehead atoms. The molecular formula is C37H50BN5O7. The van der Waals surface area contributed by atoms with Crippen LogP contribution in [0.3, 0.4) is 0 Å². The summed E-state index contributed by atoms with van der Waals surface area (Å²) in [6.45, 7) is 5.05. The van der Waals surface area contributed by atoms with E-state index >= 15 is 0 Å². The third-order valence-corrected chi connectivity index (χ3v) is 11.4. The van der Waals surface area contributed by atoms with Crippen molar-refractivity contribution in [3.8, 4) is 0 Å². The Labute approximate surface area is 295 Å². The number of para-hydroxylation sites is 1. The summed E-state index contributed by atoms with van der Waals surface area (Å²) in [5.41, 5.74) is 3.04. The highest BCUT2D eigenvalue weighted by Gasteiger charge is 2.37. The number of carboxylic acids is 1. The molecule has 0 saturated carbocycles. The number of fused-ring (bicyclic) bond motifs is 1. The number of aliphatic carboxylic acids is 1. The van der Waals surface area contributed by atoms with Crippen molar-refractivity contribution in [2.24, 2.45) is 11.8 Å². The Bertz CT molecular complexity index is 1460. The third kappa shape index (κ3) is 8.90. The first-order valence-electron chi connectivity index (χ1n) is 18.3. The number of hydrogen-bond donors (Lipinski definition) is 3. The number of urea groups is 1. The summed E-state index contributed by atoms with van der Waals surface area (Å²) in [5, 5.41) is 22.1. The minimum Gasteiger partial charge on any atom is -0.481 e. The number of hydrogen-bond acceptors (Lipinski definition) is 7. The molecule has 3 fully saturated rings. The van der Waals surface area contributed by atoms with Crippen molar-refractivity contribution in [3.63, 3.8) is 0 Å². The molecule has 268 valence electrons. The summed E-state index contributed by atoms with van der Waals surface area (Å²) in [6.07, 6.45) is 7.74. The second-order valence-electron chi connectivity index (χ2n) is 14.5. The molecular weight excluding hydrogens is 637 g/mol. The van der Waals surface area contributed by atoms with E-state index in [2.05, 4.69) is 10.2 Å². The van der Waals surface area contributed by atoms with Crippen LogP contribution in [0.15, 0.2) is 47.5 Å². The summed E-state index contributed by atoms with van der Waals surface area (Å²) < 4.78 is 6.01. The summed E-state index contributed by atoms with van der Waals surface area (Å²) in [5.74, 6) is 0.0938. The second-order valence-corrected chi connectivity index (χ2v) is 14.5. The van der Waals surface area contributed by atoms with Gasteiger partial charge >= 0.3 is 18.1 Å². The van der Waals surface area contributed by atoms with Crippen LogP contribution >= 0.6 is 0 Å².